The van der Waals surface area contributed by atoms with E-state index in [-0.39, 0.29) is 4.21 Å². The summed E-state index contributed by atoms with van der Waals surface area (Å²) in [5.74, 6) is 0.946. The summed E-state index contributed by atoms with van der Waals surface area (Å²) in [6.07, 6.45) is 1.33. The van der Waals surface area contributed by atoms with Crippen LogP contribution in [-0.4, -0.2) is 35.5 Å². The highest BCUT2D eigenvalue weighted by Crippen LogP contribution is 2.28. The van der Waals surface area contributed by atoms with Gasteiger partial charge in [0.05, 0.1) is 0 Å². The average Bonchev–Trinajstić information content (AvgIpc) is 3.47. The van der Waals surface area contributed by atoms with E-state index in [9.17, 15) is 13.2 Å². The van der Waals surface area contributed by atoms with Crippen LogP contribution in [0.5, 0.6) is 0 Å². The molecule has 190 valence electrons. The molecule has 2 aromatic carbocycles. The van der Waals surface area contributed by atoms with Gasteiger partial charge in [-0.1, -0.05) is 37.3 Å². The van der Waals surface area contributed by atoms with Crippen LogP contribution in [0.4, 0.5) is 4.79 Å². The number of sulfonamides is 1. The van der Waals surface area contributed by atoms with Gasteiger partial charge in [0.1, 0.15) is 15.6 Å². The normalized spacial score (nSPS) is 11.8. The molecule has 0 aliphatic rings. The standard InChI is InChI=1S/C27H27N5O3S2/c1-4-23-30-25-17(2)15-18(3)29-26(25)32(23)21-11-9-19(10-12-21)13-14-28-27(33)31-37(34,35)24-16-20-7-5-6-8-22(20)36-24/h5-12,15-16H,4,13-14H2,1-3H3,(H2,28,31,33). The molecule has 3 heterocycles. The number of urea groups is 1. The molecule has 0 saturated carbocycles. The van der Waals surface area contributed by atoms with Crippen molar-refractivity contribution in [2.75, 3.05) is 6.54 Å². The lowest BCUT2D eigenvalue weighted by Crippen LogP contribution is -2.39. The molecule has 37 heavy (non-hydrogen) atoms. The number of fused-ring (bicyclic) bond motifs is 2. The van der Waals surface area contributed by atoms with Gasteiger partial charge in [-0.25, -0.2) is 27.9 Å². The Kier molecular flexibility index (Phi) is 6.70. The highest BCUT2D eigenvalue weighted by Gasteiger charge is 2.20. The van der Waals surface area contributed by atoms with E-state index in [1.807, 2.05) is 68.4 Å². The number of carbonyl (C=O) groups excluding carboxylic acids is 1. The third-order valence-electron chi connectivity index (χ3n) is 6.11. The smallest absolute Gasteiger partial charge is 0.328 e. The van der Waals surface area contributed by atoms with Crippen LogP contribution in [0.25, 0.3) is 26.9 Å². The zero-order valence-electron chi connectivity index (χ0n) is 20.8. The quantitative estimate of drug-likeness (QED) is 0.305. The number of carbonyl (C=O) groups is 1. The lowest BCUT2D eigenvalue weighted by molar-refractivity contribution is 0.246. The maximum absolute atomic E-state index is 12.6. The van der Waals surface area contributed by atoms with Crippen molar-refractivity contribution in [3.05, 3.63) is 83.3 Å². The largest absolute Gasteiger partial charge is 0.337 e. The number of imidazole rings is 1. The molecular weight excluding hydrogens is 506 g/mol. The first-order valence-corrected chi connectivity index (χ1v) is 14.3. The van der Waals surface area contributed by atoms with Crippen molar-refractivity contribution in [1.29, 1.82) is 0 Å². The third kappa shape index (κ3) is 5.07. The molecular formula is C27H27N5O3S2. The van der Waals surface area contributed by atoms with E-state index in [1.165, 1.54) is 0 Å². The molecule has 2 N–H and O–H groups in total. The van der Waals surface area contributed by atoms with Crippen LogP contribution >= 0.6 is 11.3 Å². The van der Waals surface area contributed by atoms with Crippen molar-refractivity contribution in [1.82, 2.24) is 24.6 Å². The molecule has 5 aromatic rings. The summed E-state index contributed by atoms with van der Waals surface area (Å²) in [6.45, 7) is 6.40. The predicted molar refractivity (Wildman–Crippen MR) is 147 cm³/mol. The molecule has 0 radical (unpaired) electrons. The van der Waals surface area contributed by atoms with E-state index in [2.05, 4.69) is 21.5 Å². The Balaban J connectivity index is 1.23. The second kappa shape index (κ2) is 9.95. The molecule has 5 rings (SSSR count). The summed E-state index contributed by atoms with van der Waals surface area (Å²) in [6, 6.07) is 18.3. The number of hydrogen-bond acceptors (Lipinski definition) is 6. The zero-order valence-corrected chi connectivity index (χ0v) is 22.4. The highest BCUT2D eigenvalue weighted by molar-refractivity contribution is 7.92. The Morgan fingerprint density at radius 3 is 2.51 bits per heavy atom. The van der Waals surface area contributed by atoms with E-state index in [0.717, 1.165) is 67.3 Å². The number of nitrogens with zero attached hydrogens (tertiary/aromatic N) is 3. The summed E-state index contributed by atoms with van der Waals surface area (Å²) in [5.41, 5.74) is 5.79. The molecule has 8 nitrogen and oxygen atoms in total. The minimum Gasteiger partial charge on any atom is -0.337 e. The maximum atomic E-state index is 12.6. The van der Waals surface area contributed by atoms with Gasteiger partial charge in [-0.05, 0) is 67.1 Å². The first kappa shape index (κ1) is 24.9. The molecule has 0 fully saturated rings. The third-order valence-corrected chi connectivity index (χ3v) is 9.03. The fourth-order valence-electron chi connectivity index (χ4n) is 4.34. The van der Waals surface area contributed by atoms with Crippen molar-refractivity contribution in [3.63, 3.8) is 0 Å². The Labute approximate surface area is 219 Å². The van der Waals surface area contributed by atoms with Gasteiger partial charge in [0.2, 0.25) is 0 Å². The Morgan fingerprint density at radius 2 is 1.78 bits per heavy atom. The van der Waals surface area contributed by atoms with Gasteiger partial charge in [0.15, 0.2) is 5.65 Å². The van der Waals surface area contributed by atoms with Gasteiger partial charge in [-0.15, -0.1) is 11.3 Å². The topological polar surface area (TPSA) is 106 Å². The zero-order chi connectivity index (χ0) is 26.2. The molecule has 0 unspecified atom stereocenters. The number of nitrogens with one attached hydrogen (secondary N) is 2. The lowest BCUT2D eigenvalue weighted by atomic mass is 10.1. The van der Waals surface area contributed by atoms with Gasteiger partial charge >= 0.3 is 6.03 Å². The van der Waals surface area contributed by atoms with Gasteiger partial charge in [0.25, 0.3) is 10.0 Å². The molecule has 0 aliphatic heterocycles. The Bertz CT molecular complexity index is 1690. The van der Waals surface area contributed by atoms with Crippen LogP contribution in [0.1, 0.15) is 29.6 Å². The first-order valence-electron chi connectivity index (χ1n) is 12.0. The molecule has 2 amide bonds. The number of amides is 2. The number of thiophene rings is 1. The number of aromatic nitrogens is 3. The first-order chi connectivity index (χ1) is 17.7. The fourth-order valence-corrected chi connectivity index (χ4v) is 6.67. The summed E-state index contributed by atoms with van der Waals surface area (Å²) in [4.78, 5) is 21.8. The minimum atomic E-state index is -3.94. The van der Waals surface area contributed by atoms with Gasteiger partial charge in [-0.3, -0.25) is 4.57 Å². The van der Waals surface area contributed by atoms with Crippen molar-refractivity contribution in [3.8, 4) is 5.69 Å². The second-order valence-corrected chi connectivity index (χ2v) is 11.8. The maximum Gasteiger partial charge on any atom is 0.328 e. The van der Waals surface area contributed by atoms with Crippen LogP contribution in [-0.2, 0) is 22.9 Å². The fraction of sp³-hybridized carbons (Fsp3) is 0.222. The SMILES string of the molecule is CCc1nc2c(C)cc(C)nc2n1-c1ccc(CCNC(=O)NS(=O)(=O)c2cc3ccccc3s2)cc1. The van der Waals surface area contributed by atoms with Crippen molar-refractivity contribution in [2.45, 2.75) is 37.8 Å². The van der Waals surface area contributed by atoms with Gasteiger partial charge in [-0.2, -0.15) is 0 Å². The Morgan fingerprint density at radius 1 is 1.03 bits per heavy atom. The number of rotatable bonds is 7. The average molecular weight is 534 g/mol. The molecule has 10 heteroatoms. The van der Waals surface area contributed by atoms with Crippen molar-refractivity contribution < 1.29 is 13.2 Å². The van der Waals surface area contributed by atoms with Crippen molar-refractivity contribution >= 4 is 48.6 Å². The molecule has 0 saturated heterocycles. The van der Waals surface area contributed by atoms with E-state index >= 15 is 0 Å². The van der Waals surface area contributed by atoms with Crippen LogP contribution in [0.15, 0.2) is 64.9 Å². The molecule has 0 bridgehead atoms. The summed E-state index contributed by atoms with van der Waals surface area (Å²) >= 11 is 1.13. The summed E-state index contributed by atoms with van der Waals surface area (Å²) < 4.78 is 30.4. The number of benzene rings is 2. The van der Waals surface area contributed by atoms with E-state index in [1.54, 1.807) is 6.07 Å². The van der Waals surface area contributed by atoms with Crippen LogP contribution in [0.3, 0.4) is 0 Å². The van der Waals surface area contributed by atoms with Gasteiger partial charge in [0, 0.05) is 29.0 Å². The lowest BCUT2D eigenvalue weighted by Gasteiger charge is -2.10. The molecule has 3 aromatic heterocycles. The van der Waals surface area contributed by atoms with Crippen molar-refractivity contribution in [2.24, 2.45) is 0 Å². The van der Waals surface area contributed by atoms with Crippen LogP contribution in [0, 0.1) is 13.8 Å². The number of pyridine rings is 1. The van der Waals surface area contributed by atoms with Crippen LogP contribution < -0.4 is 10.0 Å². The molecule has 0 atom stereocenters. The summed E-state index contributed by atoms with van der Waals surface area (Å²) in [5, 5.41) is 3.46. The van der Waals surface area contributed by atoms with E-state index < -0.39 is 16.1 Å². The van der Waals surface area contributed by atoms with E-state index in [4.69, 9.17) is 9.97 Å². The Hall–Kier alpha value is -3.76. The van der Waals surface area contributed by atoms with Gasteiger partial charge < -0.3 is 5.32 Å². The minimum absolute atomic E-state index is 0.109. The van der Waals surface area contributed by atoms with E-state index in [0.29, 0.717) is 13.0 Å². The van der Waals surface area contributed by atoms with Crippen LogP contribution in [0.2, 0.25) is 0 Å². The number of aryl methyl sites for hydroxylation is 3. The monoisotopic (exact) mass is 533 g/mol. The highest BCUT2D eigenvalue weighted by atomic mass is 32.2. The molecule has 0 spiro atoms. The summed E-state index contributed by atoms with van der Waals surface area (Å²) in [7, 11) is -3.94. The second-order valence-electron chi connectivity index (χ2n) is 8.85. The predicted octanol–water partition coefficient (Wildman–Crippen LogP) is 5.05. The molecule has 0 aliphatic carbocycles. The number of hydrogen-bond donors (Lipinski definition) is 2.